The third-order valence-corrected chi connectivity index (χ3v) is 7.36. The zero-order valence-corrected chi connectivity index (χ0v) is 18.1. The van der Waals surface area contributed by atoms with E-state index >= 15 is 0 Å². The Hall–Kier alpha value is -2.54. The molecule has 7 nitrogen and oxygen atoms in total. The molecule has 2 bridgehead atoms. The Balaban J connectivity index is 1.24. The minimum absolute atomic E-state index is 0.0941. The van der Waals surface area contributed by atoms with Crippen molar-refractivity contribution in [2.75, 3.05) is 27.3 Å². The van der Waals surface area contributed by atoms with Gasteiger partial charge in [0.05, 0.1) is 38.7 Å². The van der Waals surface area contributed by atoms with Crippen LogP contribution in [0.15, 0.2) is 30.4 Å². The Morgan fingerprint density at radius 3 is 2.74 bits per heavy atom. The monoisotopic (exact) mass is 426 g/mol. The highest BCUT2D eigenvalue weighted by molar-refractivity contribution is 5.93. The second kappa shape index (κ2) is 7.86. The van der Waals surface area contributed by atoms with Crippen molar-refractivity contribution in [3.8, 4) is 11.5 Å². The largest absolute Gasteiger partial charge is 0.493 e. The summed E-state index contributed by atoms with van der Waals surface area (Å²) < 4.78 is 16.9. The van der Waals surface area contributed by atoms with Gasteiger partial charge < -0.3 is 24.4 Å². The lowest BCUT2D eigenvalue weighted by atomic mass is 9.77. The van der Waals surface area contributed by atoms with Crippen molar-refractivity contribution in [3.63, 3.8) is 0 Å². The van der Waals surface area contributed by atoms with Crippen molar-refractivity contribution >= 4 is 11.8 Å². The molecule has 31 heavy (non-hydrogen) atoms. The molecule has 4 atom stereocenters. The molecule has 7 heteroatoms. The molecule has 2 saturated heterocycles. The van der Waals surface area contributed by atoms with Gasteiger partial charge in [-0.15, -0.1) is 0 Å². The summed E-state index contributed by atoms with van der Waals surface area (Å²) in [5.41, 5.74) is 0.429. The van der Waals surface area contributed by atoms with Crippen LogP contribution in [0.25, 0.3) is 0 Å². The summed E-state index contributed by atoms with van der Waals surface area (Å²) in [6.45, 7) is 1.07. The van der Waals surface area contributed by atoms with E-state index in [1.807, 2.05) is 35.3 Å². The van der Waals surface area contributed by atoms with Crippen LogP contribution in [0, 0.1) is 11.8 Å². The number of nitrogens with one attached hydrogen (secondary N) is 1. The van der Waals surface area contributed by atoms with Crippen molar-refractivity contribution in [1.82, 2.24) is 10.2 Å². The van der Waals surface area contributed by atoms with E-state index in [0.717, 1.165) is 18.4 Å². The molecule has 4 unspecified atom stereocenters. The van der Waals surface area contributed by atoms with Crippen molar-refractivity contribution in [2.24, 2.45) is 11.8 Å². The van der Waals surface area contributed by atoms with Crippen LogP contribution in [0.2, 0.25) is 0 Å². The maximum absolute atomic E-state index is 13.3. The van der Waals surface area contributed by atoms with Gasteiger partial charge >= 0.3 is 0 Å². The van der Waals surface area contributed by atoms with Gasteiger partial charge in [-0.3, -0.25) is 9.59 Å². The lowest BCUT2D eigenvalue weighted by molar-refractivity contribution is -0.138. The summed E-state index contributed by atoms with van der Waals surface area (Å²) in [4.78, 5) is 28.4. The first kappa shape index (κ1) is 20.4. The first-order valence-electron chi connectivity index (χ1n) is 11.2. The van der Waals surface area contributed by atoms with Gasteiger partial charge in [0.25, 0.3) is 0 Å². The summed E-state index contributed by atoms with van der Waals surface area (Å²) in [6.07, 6.45) is 8.83. The molecular weight excluding hydrogens is 396 g/mol. The average Bonchev–Trinajstić information content (AvgIpc) is 3.55. The molecule has 1 spiro atoms. The highest BCUT2D eigenvalue weighted by Gasteiger charge is 2.67. The van der Waals surface area contributed by atoms with Crippen molar-refractivity contribution < 1.29 is 23.8 Å². The molecule has 166 valence electrons. The standard InChI is InChI=1S/C24H30N2O5/c1-29-17-8-7-15(13-19(17)30-2)10-12-25-22(27)20-18-9-11-24(31-18)14-26(23(28)21(20)24)16-5-3-4-6-16/h7-9,11,13,16,18,20-21H,3-6,10,12,14H2,1-2H3,(H,25,27). The van der Waals surface area contributed by atoms with E-state index in [4.69, 9.17) is 14.2 Å². The molecular formula is C24H30N2O5. The van der Waals surface area contributed by atoms with Gasteiger partial charge in [-0.1, -0.05) is 31.1 Å². The number of nitrogens with zero attached hydrogens (tertiary/aromatic N) is 1. The summed E-state index contributed by atoms with van der Waals surface area (Å²) in [6, 6.07) is 6.05. The highest BCUT2D eigenvalue weighted by atomic mass is 16.5. The van der Waals surface area contributed by atoms with Gasteiger partial charge in [-0.2, -0.15) is 0 Å². The minimum Gasteiger partial charge on any atom is -0.493 e. The predicted molar refractivity (Wildman–Crippen MR) is 114 cm³/mol. The zero-order valence-electron chi connectivity index (χ0n) is 18.1. The number of carbonyl (C=O) groups excluding carboxylic acids is 2. The maximum atomic E-state index is 13.3. The molecule has 1 aromatic rings. The van der Waals surface area contributed by atoms with Crippen LogP contribution in [0.1, 0.15) is 31.2 Å². The summed E-state index contributed by atoms with van der Waals surface area (Å²) >= 11 is 0. The van der Waals surface area contributed by atoms with Gasteiger partial charge in [0.1, 0.15) is 5.60 Å². The SMILES string of the molecule is COc1ccc(CCNC(=O)C2C3C=CC4(CN(C5CCCC5)C(=O)C24)O3)cc1OC. The van der Waals surface area contributed by atoms with E-state index in [-0.39, 0.29) is 17.9 Å². The highest BCUT2D eigenvalue weighted by Crippen LogP contribution is 2.53. The van der Waals surface area contributed by atoms with Crippen LogP contribution < -0.4 is 14.8 Å². The van der Waals surface area contributed by atoms with Crippen LogP contribution >= 0.6 is 0 Å². The second-order valence-corrected chi connectivity index (χ2v) is 9.03. The summed E-state index contributed by atoms with van der Waals surface area (Å²) in [5, 5.41) is 3.04. The molecule has 1 aliphatic carbocycles. The second-order valence-electron chi connectivity index (χ2n) is 9.03. The van der Waals surface area contributed by atoms with Crippen LogP contribution in [-0.4, -0.2) is 61.8 Å². The number of hydrogen-bond donors (Lipinski definition) is 1. The number of fused-ring (bicyclic) bond motifs is 1. The number of carbonyl (C=O) groups is 2. The van der Waals surface area contributed by atoms with Crippen molar-refractivity contribution in [2.45, 2.75) is 49.9 Å². The normalized spacial score (nSPS) is 31.4. The number of ether oxygens (including phenoxy) is 3. The minimum atomic E-state index is -0.615. The molecule has 3 fully saturated rings. The Labute approximate surface area is 182 Å². The number of rotatable bonds is 7. The third kappa shape index (κ3) is 3.30. The number of amides is 2. The third-order valence-electron chi connectivity index (χ3n) is 7.36. The number of hydrogen-bond acceptors (Lipinski definition) is 5. The van der Waals surface area contributed by atoms with E-state index in [0.29, 0.717) is 37.1 Å². The fraction of sp³-hybridized carbons (Fsp3) is 0.583. The van der Waals surface area contributed by atoms with Crippen LogP contribution in [0.5, 0.6) is 11.5 Å². The van der Waals surface area contributed by atoms with Gasteiger partial charge in [-0.05, 0) is 37.0 Å². The topological polar surface area (TPSA) is 77.1 Å². The lowest BCUT2D eigenvalue weighted by Crippen LogP contribution is -2.45. The van der Waals surface area contributed by atoms with E-state index in [2.05, 4.69) is 5.32 Å². The van der Waals surface area contributed by atoms with Gasteiger partial charge in [0.2, 0.25) is 11.8 Å². The Morgan fingerprint density at radius 1 is 1.23 bits per heavy atom. The molecule has 3 heterocycles. The summed E-state index contributed by atoms with van der Waals surface area (Å²) in [7, 11) is 3.21. The van der Waals surface area contributed by atoms with E-state index in [1.165, 1.54) is 12.8 Å². The van der Waals surface area contributed by atoms with Crippen LogP contribution in [0.4, 0.5) is 0 Å². The summed E-state index contributed by atoms with van der Waals surface area (Å²) in [5.74, 6) is 0.502. The van der Waals surface area contributed by atoms with E-state index in [1.54, 1.807) is 14.2 Å². The molecule has 2 amide bonds. The number of likely N-dealkylation sites (tertiary alicyclic amines) is 1. The molecule has 5 rings (SSSR count). The van der Waals surface area contributed by atoms with Crippen LogP contribution in [-0.2, 0) is 20.7 Å². The quantitative estimate of drug-likeness (QED) is 0.676. The molecule has 1 N–H and O–H groups in total. The predicted octanol–water partition coefficient (Wildman–Crippen LogP) is 2.09. The van der Waals surface area contributed by atoms with Gasteiger partial charge in [0.15, 0.2) is 11.5 Å². The average molecular weight is 427 g/mol. The van der Waals surface area contributed by atoms with E-state index < -0.39 is 17.4 Å². The smallest absolute Gasteiger partial charge is 0.230 e. The Bertz CT molecular complexity index is 909. The lowest BCUT2D eigenvalue weighted by Gasteiger charge is -2.27. The molecule has 0 radical (unpaired) electrons. The number of methoxy groups -OCH3 is 2. The number of benzene rings is 1. The first-order chi connectivity index (χ1) is 15.1. The zero-order chi connectivity index (χ0) is 21.6. The Morgan fingerprint density at radius 2 is 2.00 bits per heavy atom. The van der Waals surface area contributed by atoms with E-state index in [9.17, 15) is 9.59 Å². The van der Waals surface area contributed by atoms with Gasteiger partial charge in [0, 0.05) is 12.6 Å². The first-order valence-corrected chi connectivity index (χ1v) is 11.2. The fourth-order valence-corrected chi connectivity index (χ4v) is 5.84. The molecule has 3 aliphatic heterocycles. The molecule has 4 aliphatic rings. The molecule has 0 aromatic heterocycles. The van der Waals surface area contributed by atoms with Crippen molar-refractivity contribution in [3.05, 3.63) is 35.9 Å². The molecule has 1 saturated carbocycles. The maximum Gasteiger partial charge on any atom is 0.230 e. The van der Waals surface area contributed by atoms with Crippen LogP contribution in [0.3, 0.4) is 0 Å². The Kier molecular flexibility index (Phi) is 5.16. The fourth-order valence-electron chi connectivity index (χ4n) is 5.84. The molecule has 1 aromatic carbocycles. The van der Waals surface area contributed by atoms with Crippen molar-refractivity contribution in [1.29, 1.82) is 0 Å². The van der Waals surface area contributed by atoms with Gasteiger partial charge in [-0.25, -0.2) is 0 Å².